The molecule has 1 aliphatic heterocycles. The SMILES string of the molecule is CNc1c(C)nc(N2CCOCC2)c2ccccc12. The first-order valence-electron chi connectivity index (χ1n) is 6.71. The fourth-order valence-corrected chi connectivity index (χ4v) is 2.70. The van der Waals surface area contributed by atoms with Gasteiger partial charge >= 0.3 is 0 Å². The molecule has 2 aromatic rings. The largest absolute Gasteiger partial charge is 0.386 e. The maximum Gasteiger partial charge on any atom is 0.137 e. The van der Waals surface area contributed by atoms with E-state index in [1.54, 1.807) is 0 Å². The Balaban J connectivity index is 2.19. The van der Waals surface area contributed by atoms with Crippen LogP contribution in [-0.4, -0.2) is 38.3 Å². The van der Waals surface area contributed by atoms with Crippen LogP contribution in [0.25, 0.3) is 10.8 Å². The molecule has 100 valence electrons. The number of nitrogens with zero attached hydrogens (tertiary/aromatic N) is 2. The maximum atomic E-state index is 5.43. The normalized spacial score (nSPS) is 15.8. The number of benzene rings is 1. The Morgan fingerprint density at radius 2 is 1.84 bits per heavy atom. The third-order valence-corrected chi connectivity index (χ3v) is 3.63. The molecular weight excluding hydrogens is 238 g/mol. The second kappa shape index (κ2) is 5.05. The van der Waals surface area contributed by atoms with Gasteiger partial charge in [0.05, 0.1) is 24.6 Å². The van der Waals surface area contributed by atoms with E-state index in [9.17, 15) is 0 Å². The Morgan fingerprint density at radius 1 is 1.16 bits per heavy atom. The Morgan fingerprint density at radius 3 is 2.53 bits per heavy atom. The molecular formula is C15H19N3O. The average molecular weight is 257 g/mol. The molecule has 2 heterocycles. The second-order valence-electron chi connectivity index (χ2n) is 4.79. The van der Waals surface area contributed by atoms with Gasteiger partial charge in [-0.1, -0.05) is 24.3 Å². The predicted molar refractivity (Wildman–Crippen MR) is 79.1 cm³/mol. The highest BCUT2D eigenvalue weighted by Gasteiger charge is 2.17. The first-order chi connectivity index (χ1) is 9.31. The maximum absolute atomic E-state index is 5.43. The van der Waals surface area contributed by atoms with Gasteiger partial charge in [0.25, 0.3) is 0 Å². The first-order valence-corrected chi connectivity index (χ1v) is 6.71. The number of pyridine rings is 1. The fourth-order valence-electron chi connectivity index (χ4n) is 2.70. The van der Waals surface area contributed by atoms with Crippen molar-refractivity contribution in [2.24, 2.45) is 0 Å². The predicted octanol–water partition coefficient (Wildman–Crippen LogP) is 2.42. The summed E-state index contributed by atoms with van der Waals surface area (Å²) in [5.74, 6) is 1.08. The zero-order valence-electron chi connectivity index (χ0n) is 11.4. The molecule has 1 saturated heterocycles. The Labute approximate surface area is 113 Å². The molecule has 0 saturated carbocycles. The Kier molecular flexibility index (Phi) is 3.25. The third kappa shape index (κ3) is 2.12. The number of hydrogen-bond acceptors (Lipinski definition) is 4. The number of nitrogens with one attached hydrogen (secondary N) is 1. The third-order valence-electron chi connectivity index (χ3n) is 3.63. The van der Waals surface area contributed by atoms with E-state index >= 15 is 0 Å². The van der Waals surface area contributed by atoms with E-state index in [-0.39, 0.29) is 0 Å². The number of anilines is 2. The summed E-state index contributed by atoms with van der Waals surface area (Å²) in [4.78, 5) is 7.12. The van der Waals surface area contributed by atoms with Crippen LogP contribution in [0.2, 0.25) is 0 Å². The van der Waals surface area contributed by atoms with Crippen molar-refractivity contribution in [1.82, 2.24) is 4.98 Å². The quantitative estimate of drug-likeness (QED) is 0.896. The van der Waals surface area contributed by atoms with Gasteiger partial charge in [0.15, 0.2) is 0 Å². The number of aryl methyl sites for hydroxylation is 1. The van der Waals surface area contributed by atoms with Crippen LogP contribution in [0.15, 0.2) is 24.3 Å². The highest BCUT2D eigenvalue weighted by Crippen LogP contribution is 2.32. The van der Waals surface area contributed by atoms with Crippen LogP contribution in [0.5, 0.6) is 0 Å². The van der Waals surface area contributed by atoms with Crippen LogP contribution in [0.1, 0.15) is 5.69 Å². The number of fused-ring (bicyclic) bond motifs is 1. The monoisotopic (exact) mass is 257 g/mol. The molecule has 0 aliphatic carbocycles. The number of aromatic nitrogens is 1. The van der Waals surface area contributed by atoms with Gasteiger partial charge in [-0.15, -0.1) is 0 Å². The zero-order chi connectivity index (χ0) is 13.2. The van der Waals surface area contributed by atoms with E-state index in [2.05, 4.69) is 41.4 Å². The molecule has 1 fully saturated rings. The Hall–Kier alpha value is -1.81. The van der Waals surface area contributed by atoms with Crippen molar-refractivity contribution in [3.05, 3.63) is 30.0 Å². The summed E-state index contributed by atoms with van der Waals surface area (Å²) in [5.41, 5.74) is 2.16. The van der Waals surface area contributed by atoms with Crippen molar-refractivity contribution in [3.8, 4) is 0 Å². The lowest BCUT2D eigenvalue weighted by atomic mass is 10.1. The topological polar surface area (TPSA) is 37.4 Å². The zero-order valence-corrected chi connectivity index (χ0v) is 11.4. The van der Waals surface area contributed by atoms with Gasteiger partial charge in [-0.25, -0.2) is 4.98 Å². The van der Waals surface area contributed by atoms with Crippen LogP contribution >= 0.6 is 0 Å². The summed E-state index contributed by atoms with van der Waals surface area (Å²) in [6.45, 7) is 5.44. The lowest BCUT2D eigenvalue weighted by Crippen LogP contribution is -2.37. The van der Waals surface area contributed by atoms with Crippen molar-refractivity contribution >= 4 is 22.3 Å². The van der Waals surface area contributed by atoms with Crippen molar-refractivity contribution in [2.45, 2.75) is 6.92 Å². The molecule has 0 atom stereocenters. The highest BCUT2D eigenvalue weighted by atomic mass is 16.5. The van der Waals surface area contributed by atoms with Gasteiger partial charge < -0.3 is 15.0 Å². The van der Waals surface area contributed by atoms with Crippen LogP contribution in [0.3, 0.4) is 0 Å². The van der Waals surface area contributed by atoms with Crippen molar-refractivity contribution in [2.75, 3.05) is 43.6 Å². The molecule has 0 spiro atoms. The van der Waals surface area contributed by atoms with Gasteiger partial charge in [0, 0.05) is 30.9 Å². The van der Waals surface area contributed by atoms with E-state index in [1.807, 2.05) is 7.05 Å². The lowest BCUT2D eigenvalue weighted by molar-refractivity contribution is 0.122. The molecule has 4 nitrogen and oxygen atoms in total. The van der Waals surface area contributed by atoms with E-state index in [1.165, 1.54) is 10.8 Å². The molecule has 0 radical (unpaired) electrons. The summed E-state index contributed by atoms with van der Waals surface area (Å²) >= 11 is 0. The Bertz CT molecular complexity index is 591. The molecule has 0 amide bonds. The van der Waals surface area contributed by atoms with Crippen LogP contribution in [0, 0.1) is 6.92 Å². The van der Waals surface area contributed by atoms with E-state index in [0.29, 0.717) is 0 Å². The summed E-state index contributed by atoms with van der Waals surface area (Å²) in [6.07, 6.45) is 0. The number of rotatable bonds is 2. The fraction of sp³-hybridized carbons (Fsp3) is 0.400. The first kappa shape index (κ1) is 12.2. The highest BCUT2D eigenvalue weighted by molar-refractivity contribution is 6.01. The van der Waals surface area contributed by atoms with Crippen molar-refractivity contribution < 1.29 is 4.74 Å². The lowest BCUT2D eigenvalue weighted by Gasteiger charge is -2.29. The van der Waals surface area contributed by atoms with Gasteiger partial charge in [-0.2, -0.15) is 0 Å². The molecule has 19 heavy (non-hydrogen) atoms. The molecule has 3 rings (SSSR count). The van der Waals surface area contributed by atoms with Crippen molar-refractivity contribution in [3.63, 3.8) is 0 Å². The minimum Gasteiger partial charge on any atom is -0.386 e. The number of morpholine rings is 1. The van der Waals surface area contributed by atoms with Crippen LogP contribution < -0.4 is 10.2 Å². The van der Waals surface area contributed by atoms with Gasteiger partial charge in [-0.3, -0.25) is 0 Å². The summed E-state index contributed by atoms with van der Waals surface area (Å²) in [6, 6.07) is 8.45. The second-order valence-corrected chi connectivity index (χ2v) is 4.79. The molecule has 4 heteroatoms. The molecule has 1 aromatic heterocycles. The van der Waals surface area contributed by atoms with E-state index in [0.717, 1.165) is 43.5 Å². The standard InChI is InChI=1S/C15H19N3O/c1-11-14(16-2)12-5-3-4-6-13(12)15(17-11)18-7-9-19-10-8-18/h3-6,16H,7-10H2,1-2H3. The van der Waals surface area contributed by atoms with Crippen LogP contribution in [-0.2, 0) is 4.74 Å². The van der Waals surface area contributed by atoms with Gasteiger partial charge in [-0.05, 0) is 6.92 Å². The molecule has 0 bridgehead atoms. The molecule has 1 aromatic carbocycles. The minimum atomic E-state index is 0.781. The molecule has 1 aliphatic rings. The van der Waals surface area contributed by atoms with Gasteiger partial charge in [0.2, 0.25) is 0 Å². The molecule has 1 N–H and O–H groups in total. The number of hydrogen-bond donors (Lipinski definition) is 1. The summed E-state index contributed by atoms with van der Waals surface area (Å²) < 4.78 is 5.43. The van der Waals surface area contributed by atoms with Crippen molar-refractivity contribution in [1.29, 1.82) is 0 Å². The minimum absolute atomic E-state index is 0.781. The van der Waals surface area contributed by atoms with E-state index in [4.69, 9.17) is 9.72 Å². The van der Waals surface area contributed by atoms with E-state index < -0.39 is 0 Å². The smallest absolute Gasteiger partial charge is 0.137 e. The average Bonchev–Trinajstić information content (AvgIpc) is 2.47. The summed E-state index contributed by atoms with van der Waals surface area (Å²) in [7, 11) is 1.95. The molecule has 0 unspecified atom stereocenters. The van der Waals surface area contributed by atoms with Gasteiger partial charge in [0.1, 0.15) is 5.82 Å². The van der Waals surface area contributed by atoms with Crippen LogP contribution in [0.4, 0.5) is 11.5 Å². The summed E-state index contributed by atoms with van der Waals surface area (Å²) in [5, 5.41) is 5.71. The number of ether oxygens (including phenoxy) is 1.